The van der Waals surface area contributed by atoms with E-state index in [-0.39, 0.29) is 17.9 Å². The highest BCUT2D eigenvalue weighted by Gasteiger charge is 2.38. The Morgan fingerprint density at radius 3 is 2.42 bits per heavy atom. The first-order valence-corrected chi connectivity index (χ1v) is 8.66. The zero-order valence-corrected chi connectivity index (χ0v) is 14.2. The van der Waals surface area contributed by atoms with Gasteiger partial charge in [0.2, 0.25) is 11.8 Å². The van der Waals surface area contributed by atoms with E-state index in [9.17, 15) is 9.59 Å². The quantitative estimate of drug-likeness (QED) is 0.874. The molecule has 6 heteroatoms. The molecule has 24 heavy (non-hydrogen) atoms. The minimum absolute atomic E-state index is 0.0780. The van der Waals surface area contributed by atoms with Crippen LogP contribution in [0.2, 0.25) is 0 Å². The van der Waals surface area contributed by atoms with Gasteiger partial charge in [-0.1, -0.05) is 30.3 Å². The van der Waals surface area contributed by atoms with Crippen LogP contribution in [0.5, 0.6) is 0 Å². The van der Waals surface area contributed by atoms with Gasteiger partial charge in [0.1, 0.15) is 12.1 Å². The molecule has 0 aliphatic carbocycles. The average Bonchev–Trinajstić information content (AvgIpc) is 3.11. The summed E-state index contributed by atoms with van der Waals surface area (Å²) in [5, 5.41) is 0. The molecule has 1 aromatic carbocycles. The lowest BCUT2D eigenvalue weighted by molar-refractivity contribution is -0.145. The maximum Gasteiger partial charge on any atom is 0.245 e. The van der Waals surface area contributed by atoms with E-state index >= 15 is 0 Å². The number of piperazine rings is 1. The van der Waals surface area contributed by atoms with E-state index in [2.05, 4.69) is 11.9 Å². The number of likely N-dealkylation sites (tertiary alicyclic amines) is 1. The fourth-order valence-corrected chi connectivity index (χ4v) is 3.51. The van der Waals surface area contributed by atoms with Gasteiger partial charge < -0.3 is 20.4 Å². The molecule has 2 aliphatic rings. The lowest BCUT2D eigenvalue weighted by Gasteiger charge is -2.36. The first-order chi connectivity index (χ1) is 11.6. The van der Waals surface area contributed by atoms with Crippen molar-refractivity contribution in [1.82, 2.24) is 14.7 Å². The fraction of sp³-hybridized carbons (Fsp3) is 0.556. The molecule has 130 valence electrons. The Kier molecular flexibility index (Phi) is 5.16. The summed E-state index contributed by atoms with van der Waals surface area (Å²) >= 11 is 0. The number of nitrogens with two attached hydrogens (primary N) is 1. The molecule has 2 amide bonds. The molecule has 2 atom stereocenters. The summed E-state index contributed by atoms with van der Waals surface area (Å²) in [5.74, 6) is -0.0691. The van der Waals surface area contributed by atoms with E-state index in [0.717, 1.165) is 44.6 Å². The van der Waals surface area contributed by atoms with Crippen molar-refractivity contribution in [3.63, 3.8) is 0 Å². The summed E-state index contributed by atoms with van der Waals surface area (Å²) < 4.78 is 0. The number of likely N-dealkylation sites (N-methyl/N-ethyl adjacent to an activating group) is 1. The smallest absolute Gasteiger partial charge is 0.245 e. The molecule has 0 radical (unpaired) electrons. The molecule has 6 nitrogen and oxygen atoms in total. The fourth-order valence-electron chi connectivity index (χ4n) is 3.51. The summed E-state index contributed by atoms with van der Waals surface area (Å²) in [5.41, 5.74) is 6.95. The molecule has 2 N–H and O–H groups in total. The lowest BCUT2D eigenvalue weighted by Crippen LogP contribution is -2.54. The maximum atomic E-state index is 12.9. The third kappa shape index (κ3) is 3.44. The molecule has 0 saturated carbocycles. The molecule has 2 aliphatic heterocycles. The highest BCUT2D eigenvalue weighted by Crippen LogP contribution is 2.24. The van der Waals surface area contributed by atoms with Crippen molar-refractivity contribution in [3.8, 4) is 0 Å². The lowest BCUT2D eigenvalue weighted by atomic mass is 10.1. The molecular weight excluding hydrogens is 304 g/mol. The van der Waals surface area contributed by atoms with Crippen LogP contribution in [0.25, 0.3) is 0 Å². The Hall–Kier alpha value is -1.92. The van der Waals surface area contributed by atoms with Crippen LogP contribution in [-0.2, 0) is 9.59 Å². The van der Waals surface area contributed by atoms with Gasteiger partial charge in [0, 0.05) is 32.7 Å². The van der Waals surface area contributed by atoms with Crippen molar-refractivity contribution in [2.24, 2.45) is 5.73 Å². The Bertz CT molecular complexity index is 584. The maximum absolute atomic E-state index is 12.9. The number of benzene rings is 1. The van der Waals surface area contributed by atoms with Crippen LogP contribution in [0.1, 0.15) is 24.4 Å². The van der Waals surface area contributed by atoms with E-state index in [1.807, 2.05) is 35.2 Å². The molecule has 1 aromatic rings. The van der Waals surface area contributed by atoms with Gasteiger partial charge in [0.05, 0.1) is 0 Å². The topological polar surface area (TPSA) is 69.9 Å². The zero-order valence-electron chi connectivity index (χ0n) is 14.2. The number of nitrogens with zero attached hydrogens (tertiary/aromatic N) is 3. The Morgan fingerprint density at radius 2 is 1.75 bits per heavy atom. The van der Waals surface area contributed by atoms with Crippen molar-refractivity contribution in [2.45, 2.75) is 24.9 Å². The van der Waals surface area contributed by atoms with E-state index in [4.69, 9.17) is 5.73 Å². The van der Waals surface area contributed by atoms with Crippen molar-refractivity contribution < 1.29 is 9.59 Å². The summed E-state index contributed by atoms with van der Waals surface area (Å²) in [6, 6.07) is 8.31. The number of amides is 2. The minimum atomic E-state index is -0.702. The van der Waals surface area contributed by atoms with Crippen LogP contribution >= 0.6 is 0 Å². The van der Waals surface area contributed by atoms with Gasteiger partial charge in [-0.05, 0) is 25.5 Å². The van der Waals surface area contributed by atoms with E-state index in [0.29, 0.717) is 6.54 Å². The van der Waals surface area contributed by atoms with Crippen LogP contribution < -0.4 is 5.73 Å². The van der Waals surface area contributed by atoms with Crippen molar-refractivity contribution in [3.05, 3.63) is 35.9 Å². The Labute approximate surface area is 143 Å². The summed E-state index contributed by atoms with van der Waals surface area (Å²) in [4.78, 5) is 31.5. The zero-order chi connectivity index (χ0) is 17.1. The molecular formula is C18H26N4O2. The monoisotopic (exact) mass is 330 g/mol. The van der Waals surface area contributed by atoms with Gasteiger partial charge in [-0.2, -0.15) is 0 Å². The standard InChI is InChI=1S/C18H26N4O2/c1-20-10-12-21(13-11-20)17(23)15-8-5-9-22(15)18(24)16(19)14-6-3-2-4-7-14/h2-4,6-7,15-16H,5,8-13,19H2,1H3/t15-,16+/m0/s1. The van der Waals surface area contributed by atoms with Gasteiger partial charge in [0.15, 0.2) is 0 Å². The number of hydrogen-bond donors (Lipinski definition) is 1. The molecule has 0 aromatic heterocycles. The molecule has 2 fully saturated rings. The predicted octanol–water partition coefficient (Wildman–Crippen LogP) is 0.451. The molecule has 0 bridgehead atoms. The van der Waals surface area contributed by atoms with Gasteiger partial charge >= 0.3 is 0 Å². The first-order valence-electron chi connectivity index (χ1n) is 8.66. The SMILES string of the molecule is CN1CCN(C(=O)[C@@H]2CCCN2C(=O)[C@H](N)c2ccccc2)CC1. The van der Waals surface area contributed by atoms with Crippen molar-refractivity contribution in [2.75, 3.05) is 39.8 Å². The summed E-state index contributed by atoms with van der Waals surface area (Å²) in [6.45, 7) is 3.85. The van der Waals surface area contributed by atoms with Crippen LogP contribution in [0.3, 0.4) is 0 Å². The van der Waals surface area contributed by atoms with E-state index in [1.54, 1.807) is 4.90 Å². The largest absolute Gasteiger partial charge is 0.338 e. The van der Waals surface area contributed by atoms with E-state index in [1.165, 1.54) is 0 Å². The number of carbonyl (C=O) groups excluding carboxylic acids is 2. The predicted molar refractivity (Wildman–Crippen MR) is 92.2 cm³/mol. The number of hydrogen-bond acceptors (Lipinski definition) is 4. The van der Waals surface area contributed by atoms with Gasteiger partial charge in [-0.15, -0.1) is 0 Å². The van der Waals surface area contributed by atoms with Crippen LogP contribution in [-0.4, -0.2) is 72.3 Å². The average molecular weight is 330 g/mol. The molecule has 0 unspecified atom stereocenters. The number of carbonyl (C=O) groups is 2. The summed E-state index contributed by atoms with van der Waals surface area (Å²) in [7, 11) is 2.06. The van der Waals surface area contributed by atoms with Crippen LogP contribution in [0, 0.1) is 0 Å². The third-order valence-electron chi connectivity index (χ3n) is 5.06. The van der Waals surface area contributed by atoms with Gasteiger partial charge in [0.25, 0.3) is 0 Å². The highest BCUT2D eigenvalue weighted by molar-refractivity contribution is 5.91. The minimum Gasteiger partial charge on any atom is -0.338 e. The molecule has 2 heterocycles. The second kappa shape index (κ2) is 7.32. The van der Waals surface area contributed by atoms with Crippen molar-refractivity contribution >= 4 is 11.8 Å². The first kappa shape index (κ1) is 16.9. The molecule has 2 saturated heterocycles. The second-order valence-corrected chi connectivity index (χ2v) is 6.71. The Morgan fingerprint density at radius 1 is 1.08 bits per heavy atom. The highest BCUT2D eigenvalue weighted by atomic mass is 16.2. The van der Waals surface area contributed by atoms with Crippen LogP contribution in [0.15, 0.2) is 30.3 Å². The van der Waals surface area contributed by atoms with Crippen molar-refractivity contribution in [1.29, 1.82) is 0 Å². The number of rotatable bonds is 3. The third-order valence-corrected chi connectivity index (χ3v) is 5.06. The second-order valence-electron chi connectivity index (χ2n) is 6.71. The van der Waals surface area contributed by atoms with Gasteiger partial charge in [-0.25, -0.2) is 0 Å². The molecule has 0 spiro atoms. The molecule has 3 rings (SSSR count). The van der Waals surface area contributed by atoms with Gasteiger partial charge in [-0.3, -0.25) is 9.59 Å². The Balaban J connectivity index is 1.68. The van der Waals surface area contributed by atoms with E-state index < -0.39 is 6.04 Å². The summed E-state index contributed by atoms with van der Waals surface area (Å²) in [6.07, 6.45) is 1.59. The normalized spacial score (nSPS) is 23.3. The van der Waals surface area contributed by atoms with Crippen LogP contribution in [0.4, 0.5) is 0 Å².